The Bertz CT molecular complexity index is 1460. The Morgan fingerprint density at radius 2 is 1.97 bits per heavy atom. The van der Waals surface area contributed by atoms with E-state index in [1.165, 1.54) is 11.1 Å². The van der Waals surface area contributed by atoms with E-state index >= 15 is 0 Å². The van der Waals surface area contributed by atoms with Gasteiger partial charge in [0.1, 0.15) is 0 Å². The van der Waals surface area contributed by atoms with Gasteiger partial charge in [-0.05, 0) is 54.9 Å². The molecule has 0 saturated heterocycles. The predicted octanol–water partition coefficient (Wildman–Crippen LogP) is 3.51. The molecule has 1 aliphatic rings. The maximum absolute atomic E-state index is 9.41. The van der Waals surface area contributed by atoms with E-state index < -0.39 is 0 Å². The highest BCUT2D eigenvalue weighted by atomic mass is 15.2. The number of fused-ring (bicyclic) bond motifs is 3. The number of aryl methyl sites for hydroxylation is 2. The van der Waals surface area contributed by atoms with Gasteiger partial charge >= 0.3 is 0 Å². The van der Waals surface area contributed by atoms with Gasteiger partial charge in [-0.2, -0.15) is 5.26 Å². The van der Waals surface area contributed by atoms with Gasteiger partial charge in [0.25, 0.3) is 0 Å². The minimum Gasteiger partial charge on any atom is -0.312 e. The third-order valence-corrected chi connectivity index (χ3v) is 5.97. The molecule has 4 aromatic rings. The second-order valence-electron chi connectivity index (χ2n) is 7.98. The number of likely N-dealkylation sites (N-methyl/N-ethyl adjacent to an activating group) is 1. The van der Waals surface area contributed by atoms with Crippen LogP contribution in [-0.2, 0) is 7.05 Å². The standard InChI is InChI=1S/C24H22N6/c1-15-4-5-16(12-25)10-21(15)30-23-19-11-17(18-8-9-28(2)14-18)6-7-20(19)27-13-22(23)29(3)24(30)26/h4-8,10-11,13,26H,9,14H2,1-3H3. The van der Waals surface area contributed by atoms with E-state index in [-0.39, 0.29) is 0 Å². The number of rotatable bonds is 2. The lowest BCUT2D eigenvalue weighted by molar-refractivity contribution is 0.438. The lowest BCUT2D eigenvalue weighted by Crippen LogP contribution is -2.21. The van der Waals surface area contributed by atoms with Crippen LogP contribution in [0.25, 0.3) is 33.2 Å². The maximum atomic E-state index is 9.41. The number of nitrogens with one attached hydrogen (secondary N) is 1. The summed E-state index contributed by atoms with van der Waals surface area (Å²) in [5.74, 6) is 0. The molecule has 5 rings (SSSR count). The summed E-state index contributed by atoms with van der Waals surface area (Å²) in [7, 11) is 4.00. The Balaban J connectivity index is 1.88. The van der Waals surface area contributed by atoms with Crippen LogP contribution in [-0.4, -0.2) is 39.2 Å². The fourth-order valence-electron chi connectivity index (χ4n) is 4.27. The third kappa shape index (κ3) is 2.67. The molecule has 6 heteroatoms. The lowest BCUT2D eigenvalue weighted by atomic mass is 10.0. The van der Waals surface area contributed by atoms with Crippen molar-refractivity contribution in [2.24, 2.45) is 7.05 Å². The molecule has 3 heterocycles. The van der Waals surface area contributed by atoms with Crippen LogP contribution in [0.3, 0.4) is 0 Å². The van der Waals surface area contributed by atoms with Gasteiger partial charge in [-0.15, -0.1) is 0 Å². The smallest absolute Gasteiger partial charge is 0.207 e. The molecule has 0 atom stereocenters. The number of benzene rings is 2. The topological polar surface area (TPSA) is 73.6 Å². The highest BCUT2D eigenvalue weighted by molar-refractivity contribution is 6.04. The van der Waals surface area contributed by atoms with Gasteiger partial charge in [0.05, 0.1) is 40.1 Å². The summed E-state index contributed by atoms with van der Waals surface area (Å²) in [6.45, 7) is 3.89. The number of imidazole rings is 1. The summed E-state index contributed by atoms with van der Waals surface area (Å²) in [4.78, 5) is 6.93. The number of aromatic nitrogens is 3. The number of hydrogen-bond donors (Lipinski definition) is 1. The molecule has 1 N–H and O–H groups in total. The Morgan fingerprint density at radius 1 is 1.13 bits per heavy atom. The molecular formula is C24H22N6. The minimum atomic E-state index is 0.350. The van der Waals surface area contributed by atoms with E-state index in [2.05, 4.69) is 47.3 Å². The lowest BCUT2D eigenvalue weighted by Gasteiger charge is -2.12. The Kier molecular flexibility index (Phi) is 4.09. The van der Waals surface area contributed by atoms with E-state index in [0.717, 1.165) is 46.3 Å². The van der Waals surface area contributed by atoms with Crippen LogP contribution in [0.2, 0.25) is 0 Å². The van der Waals surface area contributed by atoms with Gasteiger partial charge in [0, 0.05) is 25.5 Å². The number of pyridine rings is 1. The number of nitriles is 1. The molecule has 30 heavy (non-hydrogen) atoms. The molecule has 0 spiro atoms. The zero-order chi connectivity index (χ0) is 21.0. The second kappa shape index (κ2) is 6.68. The fraction of sp³-hybridized carbons (Fsp3) is 0.208. The quantitative estimate of drug-likeness (QED) is 0.565. The van der Waals surface area contributed by atoms with Crippen LogP contribution in [0.15, 0.2) is 48.7 Å². The molecule has 148 valence electrons. The zero-order valence-electron chi connectivity index (χ0n) is 17.3. The molecule has 0 amide bonds. The van der Waals surface area contributed by atoms with Crippen molar-refractivity contribution in [1.29, 1.82) is 10.7 Å². The third-order valence-electron chi connectivity index (χ3n) is 5.97. The molecule has 0 aliphatic carbocycles. The molecule has 0 bridgehead atoms. The minimum absolute atomic E-state index is 0.350. The molecule has 2 aromatic heterocycles. The van der Waals surface area contributed by atoms with Crippen LogP contribution in [0.5, 0.6) is 0 Å². The first-order chi connectivity index (χ1) is 14.5. The van der Waals surface area contributed by atoms with Crippen molar-refractivity contribution in [3.63, 3.8) is 0 Å². The van der Waals surface area contributed by atoms with Gasteiger partial charge in [-0.1, -0.05) is 18.2 Å². The summed E-state index contributed by atoms with van der Waals surface area (Å²) in [6.07, 6.45) is 4.10. The molecule has 0 fully saturated rings. The molecule has 0 unspecified atom stereocenters. The van der Waals surface area contributed by atoms with Crippen molar-refractivity contribution in [1.82, 2.24) is 19.0 Å². The first-order valence-corrected chi connectivity index (χ1v) is 9.92. The Morgan fingerprint density at radius 3 is 2.70 bits per heavy atom. The largest absolute Gasteiger partial charge is 0.312 e. The van der Waals surface area contributed by atoms with Crippen molar-refractivity contribution < 1.29 is 0 Å². The zero-order valence-corrected chi connectivity index (χ0v) is 17.3. The van der Waals surface area contributed by atoms with Gasteiger partial charge in [-0.25, -0.2) is 0 Å². The Hall–Kier alpha value is -3.69. The number of hydrogen-bond acceptors (Lipinski definition) is 4. The predicted molar refractivity (Wildman–Crippen MR) is 118 cm³/mol. The number of nitrogens with zero attached hydrogens (tertiary/aromatic N) is 5. The summed E-state index contributed by atoms with van der Waals surface area (Å²) in [6, 6.07) is 14.2. The summed E-state index contributed by atoms with van der Waals surface area (Å²) < 4.78 is 3.78. The molecule has 1 aliphatic heterocycles. The van der Waals surface area contributed by atoms with Crippen LogP contribution in [0.4, 0.5) is 0 Å². The van der Waals surface area contributed by atoms with Crippen LogP contribution in [0, 0.1) is 23.7 Å². The average molecular weight is 394 g/mol. The van der Waals surface area contributed by atoms with Crippen LogP contribution >= 0.6 is 0 Å². The molecule has 6 nitrogen and oxygen atoms in total. The summed E-state index contributed by atoms with van der Waals surface area (Å²) in [5.41, 5.74) is 8.03. The van der Waals surface area contributed by atoms with Crippen molar-refractivity contribution >= 4 is 27.5 Å². The van der Waals surface area contributed by atoms with Gasteiger partial charge < -0.3 is 4.57 Å². The summed E-state index contributed by atoms with van der Waals surface area (Å²) in [5, 5.41) is 19.2. The molecule has 0 saturated carbocycles. The maximum Gasteiger partial charge on any atom is 0.207 e. The van der Waals surface area contributed by atoms with Crippen molar-refractivity contribution in [2.45, 2.75) is 6.92 Å². The van der Waals surface area contributed by atoms with Crippen molar-refractivity contribution in [3.8, 4) is 11.8 Å². The summed E-state index contributed by atoms with van der Waals surface area (Å²) >= 11 is 0. The van der Waals surface area contributed by atoms with Crippen LogP contribution in [0.1, 0.15) is 16.7 Å². The Labute approximate surface area is 174 Å². The first-order valence-electron chi connectivity index (χ1n) is 9.92. The molecular weight excluding hydrogens is 372 g/mol. The highest BCUT2D eigenvalue weighted by Gasteiger charge is 2.18. The second-order valence-corrected chi connectivity index (χ2v) is 7.98. The highest BCUT2D eigenvalue weighted by Crippen LogP contribution is 2.30. The SMILES string of the molecule is Cc1ccc(C#N)cc1-n1c(=N)n(C)c2cnc3ccc(C4=CCN(C)C4)cc3c21. The van der Waals surface area contributed by atoms with E-state index in [1.807, 2.05) is 47.5 Å². The van der Waals surface area contributed by atoms with Gasteiger partial charge in [0.15, 0.2) is 0 Å². The van der Waals surface area contributed by atoms with E-state index in [9.17, 15) is 5.26 Å². The fourth-order valence-corrected chi connectivity index (χ4v) is 4.27. The average Bonchev–Trinajstić information content (AvgIpc) is 3.30. The van der Waals surface area contributed by atoms with Gasteiger partial charge in [0.2, 0.25) is 5.62 Å². The van der Waals surface area contributed by atoms with E-state index in [1.54, 1.807) is 0 Å². The molecule has 2 aromatic carbocycles. The normalized spacial score (nSPS) is 14.4. The van der Waals surface area contributed by atoms with E-state index in [0.29, 0.717) is 11.2 Å². The van der Waals surface area contributed by atoms with Crippen molar-refractivity contribution in [2.75, 3.05) is 20.1 Å². The van der Waals surface area contributed by atoms with Gasteiger partial charge in [-0.3, -0.25) is 19.9 Å². The molecule has 0 radical (unpaired) electrons. The van der Waals surface area contributed by atoms with E-state index in [4.69, 9.17) is 5.41 Å². The monoisotopic (exact) mass is 394 g/mol. The van der Waals surface area contributed by atoms with Crippen LogP contribution < -0.4 is 5.62 Å². The first kappa shape index (κ1) is 18.3. The van der Waals surface area contributed by atoms with Crippen molar-refractivity contribution in [3.05, 3.63) is 71.0 Å².